The molecule has 0 aliphatic carbocycles. The van der Waals surface area contributed by atoms with Crippen molar-refractivity contribution in [2.45, 2.75) is 33.1 Å². The van der Waals surface area contributed by atoms with Gasteiger partial charge in [0.1, 0.15) is 10.4 Å². The van der Waals surface area contributed by atoms with E-state index in [0.29, 0.717) is 27.5 Å². The molecule has 0 saturated carbocycles. The van der Waals surface area contributed by atoms with Gasteiger partial charge in [-0.25, -0.2) is 4.79 Å². The van der Waals surface area contributed by atoms with Gasteiger partial charge in [0, 0.05) is 36.0 Å². The molecule has 35 heavy (non-hydrogen) atoms. The second kappa shape index (κ2) is 9.55. The van der Waals surface area contributed by atoms with Crippen LogP contribution in [0.1, 0.15) is 38.7 Å². The molecule has 0 bridgehead atoms. The molecule has 6 nitrogen and oxygen atoms in total. The number of H-pyrrole nitrogens is 1. The van der Waals surface area contributed by atoms with Crippen molar-refractivity contribution in [2.75, 3.05) is 20.7 Å². The van der Waals surface area contributed by atoms with Crippen LogP contribution in [0.4, 0.5) is 4.79 Å². The Balaban J connectivity index is 1.84. The second-order valence-electron chi connectivity index (χ2n) is 9.84. The number of carbonyl (C=O) groups is 1. The van der Waals surface area contributed by atoms with Crippen molar-refractivity contribution in [3.8, 4) is 16.9 Å². The van der Waals surface area contributed by atoms with Crippen molar-refractivity contribution in [3.63, 3.8) is 0 Å². The Labute approximate surface area is 213 Å². The summed E-state index contributed by atoms with van der Waals surface area (Å²) in [6, 6.07) is 12.0. The SMILES string of the molecule is COc1cc(Cl)c2[nH]c(=O)c3sccc3c2c1-c1ccc([C@@H](CCN(C)C(=O)O)C(C)(C)C)cc1. The number of aromatic nitrogens is 1. The highest BCUT2D eigenvalue weighted by Gasteiger charge is 2.27. The molecule has 4 rings (SSSR count). The lowest BCUT2D eigenvalue weighted by atomic mass is 9.74. The number of rotatable bonds is 6. The molecule has 1 amide bonds. The number of aromatic amines is 1. The Hall–Kier alpha value is -3.03. The van der Waals surface area contributed by atoms with E-state index in [1.807, 2.05) is 11.4 Å². The number of pyridine rings is 1. The van der Waals surface area contributed by atoms with E-state index in [4.69, 9.17) is 16.3 Å². The molecule has 0 saturated heterocycles. The number of hydrogen-bond donors (Lipinski definition) is 2. The summed E-state index contributed by atoms with van der Waals surface area (Å²) in [4.78, 5) is 28.1. The normalized spacial score (nSPS) is 12.7. The predicted octanol–water partition coefficient (Wildman–Crippen LogP) is 7.20. The van der Waals surface area contributed by atoms with Crippen LogP contribution in [0, 0.1) is 5.41 Å². The Morgan fingerprint density at radius 2 is 1.91 bits per heavy atom. The van der Waals surface area contributed by atoms with Gasteiger partial charge in [-0.15, -0.1) is 11.3 Å². The quantitative estimate of drug-likeness (QED) is 0.286. The third-order valence-electron chi connectivity index (χ3n) is 6.57. The first-order valence-electron chi connectivity index (χ1n) is 11.4. The lowest BCUT2D eigenvalue weighted by molar-refractivity contribution is 0.151. The van der Waals surface area contributed by atoms with E-state index in [2.05, 4.69) is 50.0 Å². The minimum Gasteiger partial charge on any atom is -0.496 e. The number of nitrogens with one attached hydrogen (secondary N) is 1. The van der Waals surface area contributed by atoms with Gasteiger partial charge in [0.15, 0.2) is 0 Å². The third-order valence-corrected chi connectivity index (χ3v) is 7.78. The molecule has 8 heteroatoms. The average Bonchev–Trinajstić information content (AvgIpc) is 3.30. The summed E-state index contributed by atoms with van der Waals surface area (Å²) in [5.41, 5.74) is 3.35. The zero-order valence-electron chi connectivity index (χ0n) is 20.4. The number of methoxy groups -OCH3 is 1. The van der Waals surface area contributed by atoms with E-state index in [1.54, 1.807) is 20.2 Å². The van der Waals surface area contributed by atoms with E-state index in [9.17, 15) is 14.7 Å². The second-order valence-corrected chi connectivity index (χ2v) is 11.2. The first-order chi connectivity index (χ1) is 16.5. The zero-order chi connectivity index (χ0) is 25.5. The highest BCUT2D eigenvalue weighted by atomic mass is 35.5. The van der Waals surface area contributed by atoms with E-state index in [0.717, 1.165) is 33.9 Å². The number of carboxylic acid groups (broad SMARTS) is 1. The van der Waals surface area contributed by atoms with Gasteiger partial charge >= 0.3 is 6.09 Å². The number of thiophene rings is 1. The maximum Gasteiger partial charge on any atom is 0.407 e. The molecule has 0 fully saturated rings. The predicted molar refractivity (Wildman–Crippen MR) is 144 cm³/mol. The molecule has 1 atom stereocenters. The fourth-order valence-corrected chi connectivity index (χ4v) is 5.75. The number of hydrogen-bond acceptors (Lipinski definition) is 4. The standard InChI is InChI=1S/C27H29ClN2O4S/c1-27(2,3)18(10-12-30(4)26(32)33)15-6-8-16(9-7-15)21-20(34-5)14-19(28)23-22(21)17-11-13-35-24(17)25(31)29-23/h6-9,11,13-14,18H,10,12H2,1-5H3,(H,29,31)(H,32,33)/t18-/m1/s1. The summed E-state index contributed by atoms with van der Waals surface area (Å²) in [6.45, 7) is 6.97. The number of benzene rings is 2. The minimum atomic E-state index is -0.924. The van der Waals surface area contributed by atoms with Crippen LogP contribution in [0.2, 0.25) is 5.02 Å². The summed E-state index contributed by atoms with van der Waals surface area (Å²) < 4.78 is 6.38. The zero-order valence-corrected chi connectivity index (χ0v) is 22.0. The van der Waals surface area contributed by atoms with Crippen LogP contribution in [0.5, 0.6) is 5.75 Å². The summed E-state index contributed by atoms with van der Waals surface area (Å²) in [5.74, 6) is 0.799. The van der Waals surface area contributed by atoms with E-state index in [-0.39, 0.29) is 16.9 Å². The molecule has 0 radical (unpaired) electrons. The summed E-state index contributed by atoms with van der Waals surface area (Å²) in [7, 11) is 3.21. The van der Waals surface area contributed by atoms with E-state index >= 15 is 0 Å². The summed E-state index contributed by atoms with van der Waals surface area (Å²) in [6.07, 6.45) is -0.206. The van der Waals surface area contributed by atoms with Gasteiger partial charge in [0.2, 0.25) is 0 Å². The van der Waals surface area contributed by atoms with Crippen LogP contribution >= 0.6 is 22.9 Å². The van der Waals surface area contributed by atoms with Crippen molar-refractivity contribution < 1.29 is 14.6 Å². The van der Waals surface area contributed by atoms with Crippen LogP contribution < -0.4 is 10.3 Å². The highest BCUT2D eigenvalue weighted by molar-refractivity contribution is 7.17. The Bertz CT molecular complexity index is 1450. The molecule has 4 aromatic rings. The Morgan fingerprint density at radius 1 is 1.23 bits per heavy atom. The fraction of sp³-hybridized carbons (Fsp3) is 0.333. The van der Waals surface area contributed by atoms with Gasteiger partial charge in [-0.2, -0.15) is 0 Å². The molecular formula is C27H29ClN2O4S. The van der Waals surface area contributed by atoms with Crippen LogP contribution in [-0.2, 0) is 0 Å². The van der Waals surface area contributed by atoms with Crippen LogP contribution in [0.15, 0.2) is 46.6 Å². The lowest BCUT2D eigenvalue weighted by Crippen LogP contribution is -2.29. The highest BCUT2D eigenvalue weighted by Crippen LogP contribution is 2.44. The van der Waals surface area contributed by atoms with Gasteiger partial charge < -0.3 is 19.7 Å². The summed E-state index contributed by atoms with van der Waals surface area (Å²) in [5, 5.41) is 13.3. The van der Waals surface area contributed by atoms with Gasteiger partial charge in [-0.1, -0.05) is 56.6 Å². The number of nitrogens with zero attached hydrogens (tertiary/aromatic N) is 1. The Kier molecular flexibility index (Phi) is 6.84. The number of halogens is 1. The maximum atomic E-state index is 12.6. The van der Waals surface area contributed by atoms with Gasteiger partial charge in [-0.05, 0) is 40.3 Å². The number of ether oxygens (including phenoxy) is 1. The monoisotopic (exact) mass is 512 g/mol. The van der Waals surface area contributed by atoms with Gasteiger partial charge in [0.25, 0.3) is 5.56 Å². The maximum absolute atomic E-state index is 12.6. The van der Waals surface area contributed by atoms with Crippen molar-refractivity contribution in [2.24, 2.45) is 5.41 Å². The molecule has 2 aromatic heterocycles. The van der Waals surface area contributed by atoms with Crippen molar-refractivity contribution >= 4 is 50.0 Å². The molecule has 0 aliphatic rings. The first kappa shape index (κ1) is 25.1. The molecule has 2 N–H and O–H groups in total. The van der Waals surface area contributed by atoms with Crippen molar-refractivity contribution in [3.05, 3.63) is 62.7 Å². The summed E-state index contributed by atoms with van der Waals surface area (Å²) >= 11 is 7.94. The molecular weight excluding hydrogens is 484 g/mol. The molecule has 2 heterocycles. The topological polar surface area (TPSA) is 82.6 Å². The Morgan fingerprint density at radius 3 is 2.51 bits per heavy atom. The van der Waals surface area contributed by atoms with Gasteiger partial charge in [-0.3, -0.25) is 4.79 Å². The lowest BCUT2D eigenvalue weighted by Gasteiger charge is -2.32. The number of fused-ring (bicyclic) bond motifs is 3. The van der Waals surface area contributed by atoms with E-state index < -0.39 is 6.09 Å². The van der Waals surface area contributed by atoms with Crippen LogP contribution in [0.3, 0.4) is 0 Å². The van der Waals surface area contributed by atoms with E-state index in [1.165, 1.54) is 16.2 Å². The van der Waals surface area contributed by atoms with Crippen molar-refractivity contribution in [1.29, 1.82) is 0 Å². The molecule has 0 unspecified atom stereocenters. The first-order valence-corrected chi connectivity index (χ1v) is 12.6. The van der Waals surface area contributed by atoms with Gasteiger partial charge in [0.05, 0.1) is 17.6 Å². The minimum absolute atomic E-state index is 0.0478. The largest absolute Gasteiger partial charge is 0.496 e. The smallest absolute Gasteiger partial charge is 0.407 e. The molecule has 0 spiro atoms. The fourth-order valence-electron chi connectivity index (χ4n) is 4.72. The third kappa shape index (κ3) is 4.75. The van der Waals surface area contributed by atoms with Crippen LogP contribution in [0.25, 0.3) is 32.1 Å². The van der Waals surface area contributed by atoms with Crippen LogP contribution in [-0.4, -0.2) is 41.8 Å². The molecule has 0 aliphatic heterocycles. The average molecular weight is 513 g/mol. The molecule has 184 valence electrons. The molecule has 2 aromatic carbocycles. The number of amides is 1. The van der Waals surface area contributed by atoms with Crippen molar-refractivity contribution in [1.82, 2.24) is 9.88 Å².